The molecule has 10 heteroatoms. The van der Waals surface area contributed by atoms with Gasteiger partial charge in [-0.2, -0.15) is 5.10 Å². The lowest BCUT2D eigenvalue weighted by Gasteiger charge is -2.18. The molecule has 0 spiro atoms. The molecule has 0 saturated heterocycles. The highest BCUT2D eigenvalue weighted by molar-refractivity contribution is 6.35. The summed E-state index contributed by atoms with van der Waals surface area (Å²) < 4.78 is 13.9. The molecule has 1 aromatic carbocycles. The molecule has 0 aliphatic carbocycles. The third-order valence-electron chi connectivity index (χ3n) is 6.75. The standard InChI is InChI=1S/C29H37ClN6O3/c1-6-35(7-2)16-10-18-38-23-12-8-11-21(25(23)30)26-24(28-31-14-9-15-32-28)27(39-34-26)22-19-33-36(20(22)3)17-13-29(4,5)37/h8-9,11-12,14-15,19,37H,6-7,10,13,16-18H2,1-5H3. The summed E-state index contributed by atoms with van der Waals surface area (Å²) in [5.41, 5.74) is 2.68. The van der Waals surface area contributed by atoms with E-state index in [-0.39, 0.29) is 0 Å². The molecule has 0 bridgehead atoms. The Kier molecular flexibility index (Phi) is 9.37. The van der Waals surface area contributed by atoms with E-state index in [0.717, 1.165) is 37.3 Å². The van der Waals surface area contributed by atoms with Crippen molar-refractivity contribution in [3.63, 3.8) is 0 Å². The van der Waals surface area contributed by atoms with Crippen LogP contribution in [0.15, 0.2) is 47.4 Å². The van der Waals surface area contributed by atoms with E-state index in [4.69, 9.17) is 20.9 Å². The third-order valence-corrected chi connectivity index (χ3v) is 7.14. The number of aliphatic hydroxyl groups is 1. The molecule has 208 valence electrons. The maximum atomic E-state index is 10.2. The summed E-state index contributed by atoms with van der Waals surface area (Å²) in [4.78, 5) is 11.3. The van der Waals surface area contributed by atoms with Gasteiger partial charge in [-0.3, -0.25) is 4.68 Å². The van der Waals surface area contributed by atoms with Gasteiger partial charge < -0.3 is 19.3 Å². The van der Waals surface area contributed by atoms with Crippen molar-refractivity contribution in [1.29, 1.82) is 0 Å². The van der Waals surface area contributed by atoms with E-state index in [1.807, 2.05) is 29.8 Å². The number of rotatable bonds is 13. The number of hydrogen-bond acceptors (Lipinski definition) is 8. The van der Waals surface area contributed by atoms with E-state index in [1.165, 1.54) is 0 Å². The number of ether oxygens (including phenoxy) is 1. The summed E-state index contributed by atoms with van der Waals surface area (Å²) in [7, 11) is 0. The summed E-state index contributed by atoms with van der Waals surface area (Å²) in [5, 5.41) is 19.6. The predicted molar refractivity (Wildman–Crippen MR) is 153 cm³/mol. The zero-order valence-corrected chi connectivity index (χ0v) is 24.1. The van der Waals surface area contributed by atoms with Crippen molar-refractivity contribution >= 4 is 11.6 Å². The van der Waals surface area contributed by atoms with Crippen molar-refractivity contribution in [2.45, 2.75) is 59.6 Å². The molecule has 0 aliphatic heterocycles. The van der Waals surface area contributed by atoms with E-state index in [2.05, 4.69) is 39.0 Å². The van der Waals surface area contributed by atoms with Gasteiger partial charge in [0.2, 0.25) is 0 Å². The largest absolute Gasteiger partial charge is 0.492 e. The zero-order chi connectivity index (χ0) is 28.0. The molecule has 0 amide bonds. The van der Waals surface area contributed by atoms with Crippen molar-refractivity contribution in [3.05, 3.63) is 53.6 Å². The van der Waals surface area contributed by atoms with Gasteiger partial charge >= 0.3 is 0 Å². The molecule has 9 nitrogen and oxygen atoms in total. The molecule has 0 radical (unpaired) electrons. The average Bonchev–Trinajstić information content (AvgIpc) is 3.51. The van der Waals surface area contributed by atoms with Gasteiger partial charge in [0, 0.05) is 36.7 Å². The van der Waals surface area contributed by atoms with Crippen LogP contribution in [0.2, 0.25) is 5.02 Å². The van der Waals surface area contributed by atoms with Crippen LogP contribution in [0.5, 0.6) is 5.75 Å². The van der Waals surface area contributed by atoms with Crippen LogP contribution in [0.1, 0.15) is 46.2 Å². The normalized spacial score (nSPS) is 11.9. The number of benzene rings is 1. The van der Waals surface area contributed by atoms with Crippen LogP contribution in [0.25, 0.3) is 34.0 Å². The summed E-state index contributed by atoms with van der Waals surface area (Å²) in [6, 6.07) is 7.40. The van der Waals surface area contributed by atoms with Gasteiger partial charge in [-0.15, -0.1) is 0 Å². The molecule has 0 unspecified atom stereocenters. The van der Waals surface area contributed by atoms with Crippen LogP contribution in [0.4, 0.5) is 0 Å². The molecule has 3 heterocycles. The molecule has 0 saturated carbocycles. The summed E-state index contributed by atoms with van der Waals surface area (Å²) in [6.45, 7) is 14.0. The van der Waals surface area contributed by atoms with Gasteiger partial charge in [-0.25, -0.2) is 9.97 Å². The Morgan fingerprint density at radius 3 is 2.54 bits per heavy atom. The lowest BCUT2D eigenvalue weighted by atomic mass is 10.0. The number of aromatic nitrogens is 5. The molecule has 0 fully saturated rings. The lowest BCUT2D eigenvalue weighted by molar-refractivity contribution is 0.0649. The van der Waals surface area contributed by atoms with E-state index >= 15 is 0 Å². The van der Waals surface area contributed by atoms with Gasteiger partial charge in [0.1, 0.15) is 11.4 Å². The topological polar surface area (TPSA) is 102 Å². The Morgan fingerprint density at radius 2 is 1.85 bits per heavy atom. The first-order valence-corrected chi connectivity index (χ1v) is 13.8. The lowest BCUT2D eigenvalue weighted by Crippen LogP contribution is -2.25. The molecular weight excluding hydrogens is 516 g/mol. The fraction of sp³-hybridized carbons (Fsp3) is 0.448. The number of hydrogen-bond donors (Lipinski definition) is 1. The van der Waals surface area contributed by atoms with E-state index in [9.17, 15) is 5.11 Å². The van der Waals surface area contributed by atoms with Gasteiger partial charge in [0.05, 0.1) is 34.6 Å². The van der Waals surface area contributed by atoms with Gasteiger partial charge in [0.25, 0.3) is 0 Å². The molecule has 1 N–H and O–H groups in total. The maximum Gasteiger partial charge on any atom is 0.181 e. The SMILES string of the molecule is CCN(CC)CCCOc1cccc(-c2noc(-c3cnn(CCC(C)(C)O)c3C)c2-c2ncccn2)c1Cl. The van der Waals surface area contributed by atoms with Crippen molar-refractivity contribution in [1.82, 2.24) is 29.8 Å². The van der Waals surface area contributed by atoms with Crippen molar-refractivity contribution in [2.24, 2.45) is 0 Å². The molecule has 3 aromatic heterocycles. The highest BCUT2D eigenvalue weighted by Gasteiger charge is 2.27. The number of aryl methyl sites for hydroxylation is 1. The third kappa shape index (κ3) is 6.84. The van der Waals surface area contributed by atoms with Crippen molar-refractivity contribution in [3.8, 4) is 39.7 Å². The smallest absolute Gasteiger partial charge is 0.181 e. The maximum absolute atomic E-state index is 10.2. The molecule has 0 atom stereocenters. The zero-order valence-electron chi connectivity index (χ0n) is 23.3. The number of halogens is 1. The first kappa shape index (κ1) is 28.7. The van der Waals surface area contributed by atoms with Gasteiger partial charge in [0.15, 0.2) is 11.6 Å². The summed E-state index contributed by atoms with van der Waals surface area (Å²) >= 11 is 6.88. The van der Waals surface area contributed by atoms with Crippen LogP contribution in [-0.2, 0) is 6.54 Å². The highest BCUT2D eigenvalue weighted by Crippen LogP contribution is 2.43. The van der Waals surface area contributed by atoms with Crippen molar-refractivity contribution in [2.75, 3.05) is 26.2 Å². The molecule has 0 aliphatic rings. The second kappa shape index (κ2) is 12.7. The first-order chi connectivity index (χ1) is 18.7. The van der Waals surface area contributed by atoms with Gasteiger partial charge in [-0.05, 0) is 58.8 Å². The Bertz CT molecular complexity index is 1360. The Morgan fingerprint density at radius 1 is 1.10 bits per heavy atom. The minimum absolute atomic E-state index is 0.454. The fourth-order valence-electron chi connectivity index (χ4n) is 4.38. The molecule has 4 aromatic rings. The molecule has 39 heavy (non-hydrogen) atoms. The second-order valence-corrected chi connectivity index (χ2v) is 10.5. The summed E-state index contributed by atoms with van der Waals surface area (Å²) in [6.07, 6.45) is 6.56. The van der Waals surface area contributed by atoms with Crippen LogP contribution < -0.4 is 4.74 Å². The second-order valence-electron chi connectivity index (χ2n) is 10.1. The van der Waals surface area contributed by atoms with Crippen molar-refractivity contribution < 1.29 is 14.4 Å². The summed E-state index contributed by atoms with van der Waals surface area (Å²) in [5.74, 6) is 1.56. The van der Waals surface area contributed by atoms with Crippen LogP contribution >= 0.6 is 11.6 Å². The monoisotopic (exact) mass is 552 g/mol. The fourth-order valence-corrected chi connectivity index (χ4v) is 4.65. The minimum atomic E-state index is -0.795. The number of nitrogens with zero attached hydrogens (tertiary/aromatic N) is 6. The van der Waals surface area contributed by atoms with Crippen LogP contribution in [0.3, 0.4) is 0 Å². The minimum Gasteiger partial charge on any atom is -0.492 e. The van der Waals surface area contributed by atoms with E-state index in [0.29, 0.717) is 58.8 Å². The first-order valence-electron chi connectivity index (χ1n) is 13.4. The van der Waals surface area contributed by atoms with Crippen LogP contribution in [0, 0.1) is 6.92 Å². The van der Waals surface area contributed by atoms with Crippen LogP contribution in [-0.4, -0.2) is 66.8 Å². The molecule has 4 rings (SSSR count). The highest BCUT2D eigenvalue weighted by atomic mass is 35.5. The Labute approximate surface area is 234 Å². The predicted octanol–water partition coefficient (Wildman–Crippen LogP) is 5.90. The van der Waals surface area contributed by atoms with E-state index in [1.54, 1.807) is 38.5 Å². The van der Waals surface area contributed by atoms with Gasteiger partial charge in [-0.1, -0.05) is 42.7 Å². The average molecular weight is 553 g/mol. The Balaban J connectivity index is 1.68. The quantitative estimate of drug-likeness (QED) is 0.205. The Hall–Kier alpha value is -3.27. The van der Waals surface area contributed by atoms with E-state index < -0.39 is 5.60 Å². The molecular formula is C29H37ClN6O3.